The van der Waals surface area contributed by atoms with Gasteiger partial charge in [-0.15, -0.1) is 11.6 Å². The zero-order valence-corrected chi connectivity index (χ0v) is 16.8. The summed E-state index contributed by atoms with van der Waals surface area (Å²) >= 11 is 5.65. The Bertz CT molecular complexity index is 415. The Balaban J connectivity index is 2.32. The van der Waals surface area contributed by atoms with Gasteiger partial charge in [0.15, 0.2) is 0 Å². The van der Waals surface area contributed by atoms with Crippen molar-refractivity contribution in [2.24, 2.45) is 11.8 Å². The van der Waals surface area contributed by atoms with Gasteiger partial charge in [-0.05, 0) is 31.6 Å². The monoisotopic (exact) mass is 390 g/mol. The third-order valence-corrected chi connectivity index (χ3v) is 5.69. The molecule has 1 aliphatic rings. The van der Waals surface area contributed by atoms with E-state index in [4.69, 9.17) is 11.6 Å². The van der Waals surface area contributed by atoms with Crippen molar-refractivity contribution in [3.63, 3.8) is 0 Å². The summed E-state index contributed by atoms with van der Waals surface area (Å²) in [4.78, 5) is 23.6. The maximum atomic E-state index is 12.5. The average Bonchev–Trinajstić information content (AvgIpc) is 2.90. The predicted molar refractivity (Wildman–Crippen MR) is 102 cm³/mol. The first-order chi connectivity index (χ1) is 12.5. The van der Waals surface area contributed by atoms with Crippen LogP contribution in [0.2, 0.25) is 0 Å². The number of esters is 1. The Kier molecular flexibility index (Phi) is 12.2. The fourth-order valence-electron chi connectivity index (χ4n) is 3.94. The molecule has 0 saturated heterocycles. The zero-order chi connectivity index (χ0) is 19.4. The molecule has 0 aromatic rings. The minimum atomic E-state index is -0.718. The van der Waals surface area contributed by atoms with Crippen LogP contribution in [0.15, 0.2) is 0 Å². The second-order valence-electron chi connectivity index (χ2n) is 7.41. The van der Waals surface area contributed by atoms with Crippen LogP contribution in [0.25, 0.3) is 0 Å². The Labute approximate surface area is 162 Å². The Hall–Kier alpha value is -0.650. The molecule has 0 amide bonds. The van der Waals surface area contributed by atoms with Crippen LogP contribution in [0, 0.1) is 11.8 Å². The van der Waals surface area contributed by atoms with Gasteiger partial charge in [-0.25, -0.2) is 0 Å². The molecule has 26 heavy (non-hydrogen) atoms. The zero-order valence-electron chi connectivity index (χ0n) is 16.0. The van der Waals surface area contributed by atoms with E-state index in [9.17, 15) is 19.8 Å². The second-order valence-corrected chi connectivity index (χ2v) is 7.79. The van der Waals surface area contributed by atoms with E-state index in [1.54, 1.807) is 0 Å². The van der Waals surface area contributed by atoms with Gasteiger partial charge < -0.3 is 14.9 Å². The standard InChI is InChI=1S/C20H35ClO5/c1-26-19(25)12-8-3-2-6-10-15-17(23)14-18(24)20(15)16(22)11-7-4-5-9-13-21/h15,17-18,20,23-24H,2-14H2,1H3/t15-,17-,18+,20-/m0/s1. The van der Waals surface area contributed by atoms with E-state index in [0.29, 0.717) is 25.1 Å². The van der Waals surface area contributed by atoms with Crippen LogP contribution in [-0.4, -0.2) is 47.2 Å². The number of hydrogen-bond donors (Lipinski definition) is 2. The van der Waals surface area contributed by atoms with E-state index in [-0.39, 0.29) is 17.7 Å². The third kappa shape index (κ3) is 8.36. The molecule has 0 aliphatic heterocycles. The molecule has 1 aliphatic carbocycles. The van der Waals surface area contributed by atoms with Gasteiger partial charge in [-0.3, -0.25) is 9.59 Å². The molecule has 0 bridgehead atoms. The quantitative estimate of drug-likeness (QED) is 0.269. The van der Waals surface area contributed by atoms with Gasteiger partial charge in [0.25, 0.3) is 0 Å². The Morgan fingerprint density at radius 1 is 0.923 bits per heavy atom. The molecule has 0 heterocycles. The molecular formula is C20H35ClO5. The minimum absolute atomic E-state index is 0.0932. The van der Waals surface area contributed by atoms with E-state index in [0.717, 1.165) is 57.8 Å². The Morgan fingerprint density at radius 2 is 1.54 bits per heavy atom. The Morgan fingerprint density at radius 3 is 2.19 bits per heavy atom. The highest BCUT2D eigenvalue weighted by Gasteiger charge is 2.44. The molecule has 0 aromatic carbocycles. The van der Waals surface area contributed by atoms with Crippen molar-refractivity contribution in [3.05, 3.63) is 0 Å². The van der Waals surface area contributed by atoms with Gasteiger partial charge in [0.1, 0.15) is 5.78 Å². The number of aliphatic hydroxyl groups excluding tert-OH is 2. The minimum Gasteiger partial charge on any atom is -0.469 e. The molecule has 5 nitrogen and oxygen atoms in total. The van der Waals surface area contributed by atoms with Crippen molar-refractivity contribution in [1.82, 2.24) is 0 Å². The molecule has 2 N–H and O–H groups in total. The van der Waals surface area contributed by atoms with Crippen LogP contribution >= 0.6 is 11.6 Å². The van der Waals surface area contributed by atoms with Crippen LogP contribution in [-0.2, 0) is 14.3 Å². The summed E-state index contributed by atoms with van der Waals surface area (Å²) in [7, 11) is 1.39. The highest BCUT2D eigenvalue weighted by Crippen LogP contribution is 2.37. The van der Waals surface area contributed by atoms with Crippen molar-refractivity contribution >= 4 is 23.4 Å². The van der Waals surface area contributed by atoms with E-state index in [2.05, 4.69) is 4.74 Å². The molecule has 1 fully saturated rings. The number of aliphatic hydroxyl groups is 2. The second kappa shape index (κ2) is 13.5. The van der Waals surface area contributed by atoms with Gasteiger partial charge in [0.2, 0.25) is 0 Å². The smallest absolute Gasteiger partial charge is 0.305 e. The van der Waals surface area contributed by atoms with Gasteiger partial charge in [-0.2, -0.15) is 0 Å². The number of alkyl halides is 1. The van der Waals surface area contributed by atoms with Crippen molar-refractivity contribution in [3.8, 4) is 0 Å². The van der Waals surface area contributed by atoms with E-state index in [1.807, 2.05) is 0 Å². The SMILES string of the molecule is COC(=O)CCCCCC[C@@H]1[C@@H](C(=O)CCCCCCCl)[C@H](O)C[C@@H]1O. The number of ether oxygens (including phenoxy) is 1. The van der Waals surface area contributed by atoms with Crippen LogP contribution < -0.4 is 0 Å². The predicted octanol–water partition coefficient (Wildman–Crippen LogP) is 3.62. The van der Waals surface area contributed by atoms with E-state index >= 15 is 0 Å². The molecule has 152 valence electrons. The number of hydrogen-bond acceptors (Lipinski definition) is 5. The summed E-state index contributed by atoms with van der Waals surface area (Å²) in [6.45, 7) is 0. The molecule has 4 atom stereocenters. The average molecular weight is 391 g/mol. The van der Waals surface area contributed by atoms with Gasteiger partial charge in [0, 0.05) is 31.1 Å². The molecule has 0 unspecified atom stereocenters. The first-order valence-electron chi connectivity index (χ1n) is 10.0. The summed E-state index contributed by atoms with van der Waals surface area (Å²) in [5.41, 5.74) is 0. The highest BCUT2D eigenvalue weighted by molar-refractivity contribution is 6.17. The van der Waals surface area contributed by atoms with Crippen LogP contribution in [0.5, 0.6) is 0 Å². The summed E-state index contributed by atoms with van der Waals surface area (Å²) in [6.07, 6.45) is 8.05. The van der Waals surface area contributed by atoms with E-state index < -0.39 is 18.1 Å². The van der Waals surface area contributed by atoms with Crippen molar-refractivity contribution < 1.29 is 24.5 Å². The molecule has 1 saturated carbocycles. The molecular weight excluding hydrogens is 356 g/mol. The summed E-state index contributed by atoms with van der Waals surface area (Å²) in [5, 5.41) is 20.5. The van der Waals surface area contributed by atoms with Crippen molar-refractivity contribution in [2.75, 3.05) is 13.0 Å². The first kappa shape index (κ1) is 23.4. The summed E-state index contributed by atoms with van der Waals surface area (Å²) < 4.78 is 4.61. The molecule has 6 heteroatoms. The molecule has 0 aromatic heterocycles. The topological polar surface area (TPSA) is 83.8 Å². The largest absolute Gasteiger partial charge is 0.469 e. The third-order valence-electron chi connectivity index (χ3n) is 5.43. The summed E-state index contributed by atoms with van der Waals surface area (Å²) in [5.74, 6) is 0.00381. The number of halogens is 1. The maximum absolute atomic E-state index is 12.5. The number of unbranched alkanes of at least 4 members (excludes halogenated alkanes) is 6. The molecule has 1 rings (SSSR count). The number of methoxy groups -OCH3 is 1. The number of ketones is 1. The van der Waals surface area contributed by atoms with Crippen LogP contribution in [0.1, 0.15) is 77.0 Å². The van der Waals surface area contributed by atoms with Gasteiger partial charge in [0.05, 0.1) is 19.3 Å². The van der Waals surface area contributed by atoms with Gasteiger partial charge in [-0.1, -0.05) is 32.1 Å². The lowest BCUT2D eigenvalue weighted by Crippen LogP contribution is -2.30. The molecule has 0 spiro atoms. The van der Waals surface area contributed by atoms with Gasteiger partial charge >= 0.3 is 5.97 Å². The fourth-order valence-corrected chi connectivity index (χ4v) is 4.13. The van der Waals surface area contributed by atoms with Crippen LogP contribution in [0.4, 0.5) is 0 Å². The molecule has 0 radical (unpaired) electrons. The van der Waals surface area contributed by atoms with Crippen molar-refractivity contribution in [1.29, 1.82) is 0 Å². The highest BCUT2D eigenvalue weighted by atomic mass is 35.5. The lowest BCUT2D eigenvalue weighted by atomic mass is 9.84. The normalized spacial score (nSPS) is 25.4. The lowest BCUT2D eigenvalue weighted by Gasteiger charge is -2.22. The maximum Gasteiger partial charge on any atom is 0.305 e. The fraction of sp³-hybridized carbons (Fsp3) is 0.900. The number of carbonyl (C=O) groups excluding carboxylic acids is 2. The number of rotatable bonds is 14. The first-order valence-corrected chi connectivity index (χ1v) is 10.6. The number of carbonyl (C=O) groups is 2. The van der Waals surface area contributed by atoms with E-state index in [1.165, 1.54) is 7.11 Å². The summed E-state index contributed by atoms with van der Waals surface area (Å²) in [6, 6.07) is 0. The number of Topliss-reactive ketones (excluding diaryl/α,β-unsaturated/α-hetero) is 1. The lowest BCUT2D eigenvalue weighted by molar-refractivity contribution is -0.140. The van der Waals surface area contributed by atoms with Crippen molar-refractivity contribution in [2.45, 2.75) is 89.3 Å². The van der Waals surface area contributed by atoms with Crippen LogP contribution in [0.3, 0.4) is 0 Å².